The van der Waals surface area contributed by atoms with Gasteiger partial charge in [0.1, 0.15) is 11.4 Å². The molecule has 0 spiro atoms. The van der Waals surface area contributed by atoms with E-state index in [1.165, 1.54) is 0 Å². The van der Waals surface area contributed by atoms with Crippen LogP contribution in [0.1, 0.15) is 5.56 Å². The topological polar surface area (TPSA) is 52.5 Å². The molecule has 0 aliphatic rings. The third-order valence-electron chi connectivity index (χ3n) is 3.26. The van der Waals surface area contributed by atoms with Crippen molar-refractivity contribution in [2.45, 2.75) is 6.92 Å². The van der Waals surface area contributed by atoms with Gasteiger partial charge in [-0.3, -0.25) is 0 Å². The first-order valence-electron chi connectivity index (χ1n) is 6.17. The normalized spacial score (nSPS) is 10.9. The standard InChI is InChI=1S/C15H14BrN3O/c1-9-5-14(20-2)12(16)7-11(9)13-8-19-4-3-10(17)6-15(19)18-13/h3-8H,17H2,1-2H3. The van der Waals surface area contributed by atoms with Crippen LogP contribution in [0.15, 0.2) is 41.1 Å². The van der Waals surface area contributed by atoms with Gasteiger partial charge in [0.05, 0.1) is 17.3 Å². The number of anilines is 1. The van der Waals surface area contributed by atoms with Crippen molar-refractivity contribution >= 4 is 27.3 Å². The van der Waals surface area contributed by atoms with Crippen LogP contribution < -0.4 is 10.5 Å². The third kappa shape index (κ3) is 2.14. The second kappa shape index (κ2) is 4.83. The summed E-state index contributed by atoms with van der Waals surface area (Å²) in [5.74, 6) is 0.819. The van der Waals surface area contributed by atoms with Crippen LogP contribution in [-0.4, -0.2) is 16.5 Å². The molecule has 0 amide bonds. The zero-order valence-electron chi connectivity index (χ0n) is 11.2. The maximum Gasteiger partial charge on any atom is 0.139 e. The number of benzene rings is 1. The number of imidazole rings is 1. The van der Waals surface area contributed by atoms with Crippen LogP contribution in [0.25, 0.3) is 16.9 Å². The van der Waals surface area contributed by atoms with E-state index in [1.807, 2.05) is 48.0 Å². The summed E-state index contributed by atoms with van der Waals surface area (Å²) in [6.07, 6.45) is 3.91. The lowest BCUT2D eigenvalue weighted by atomic mass is 10.1. The van der Waals surface area contributed by atoms with Crippen LogP contribution in [0, 0.1) is 6.92 Å². The van der Waals surface area contributed by atoms with Crippen LogP contribution in [0.2, 0.25) is 0 Å². The summed E-state index contributed by atoms with van der Waals surface area (Å²) in [7, 11) is 1.66. The number of nitrogen functional groups attached to an aromatic ring is 1. The molecule has 102 valence electrons. The van der Waals surface area contributed by atoms with Gasteiger partial charge in [-0.1, -0.05) is 0 Å². The minimum atomic E-state index is 0.710. The fourth-order valence-electron chi connectivity index (χ4n) is 2.21. The lowest BCUT2D eigenvalue weighted by Crippen LogP contribution is -1.89. The smallest absolute Gasteiger partial charge is 0.139 e. The molecule has 0 saturated carbocycles. The Morgan fingerprint density at radius 2 is 2.10 bits per heavy atom. The SMILES string of the molecule is COc1cc(C)c(-c2cn3ccc(N)cc3n2)cc1Br. The number of aromatic nitrogens is 2. The first kappa shape index (κ1) is 13.0. The van der Waals surface area contributed by atoms with Gasteiger partial charge in [0.25, 0.3) is 0 Å². The lowest BCUT2D eigenvalue weighted by Gasteiger charge is -2.08. The molecule has 0 bridgehead atoms. The molecule has 3 aromatic rings. The average molecular weight is 332 g/mol. The number of nitrogens with two attached hydrogens (primary N) is 1. The van der Waals surface area contributed by atoms with Crippen molar-refractivity contribution in [2.24, 2.45) is 0 Å². The molecular formula is C15H14BrN3O. The van der Waals surface area contributed by atoms with Crippen molar-refractivity contribution in [3.63, 3.8) is 0 Å². The Kier molecular flexibility index (Phi) is 3.14. The molecule has 0 fully saturated rings. The number of nitrogens with zero attached hydrogens (tertiary/aromatic N) is 2. The molecule has 20 heavy (non-hydrogen) atoms. The Labute approximate surface area is 125 Å². The van der Waals surface area contributed by atoms with Gasteiger partial charge in [-0.2, -0.15) is 0 Å². The van der Waals surface area contributed by atoms with Crippen LogP contribution in [-0.2, 0) is 0 Å². The van der Waals surface area contributed by atoms with Crippen molar-refractivity contribution in [1.82, 2.24) is 9.38 Å². The van der Waals surface area contributed by atoms with E-state index in [0.29, 0.717) is 5.69 Å². The summed E-state index contributed by atoms with van der Waals surface area (Å²) in [6, 6.07) is 7.74. The Bertz CT molecular complexity index is 795. The molecule has 2 heterocycles. The average Bonchev–Trinajstić information content (AvgIpc) is 2.83. The van der Waals surface area contributed by atoms with E-state index >= 15 is 0 Å². The molecule has 4 nitrogen and oxygen atoms in total. The van der Waals surface area contributed by atoms with Crippen LogP contribution in [0.4, 0.5) is 5.69 Å². The molecule has 0 unspecified atom stereocenters. The molecule has 0 atom stereocenters. The summed E-state index contributed by atoms with van der Waals surface area (Å²) in [5, 5.41) is 0. The van der Waals surface area contributed by atoms with E-state index in [1.54, 1.807) is 7.11 Å². The number of aryl methyl sites for hydroxylation is 1. The summed E-state index contributed by atoms with van der Waals surface area (Å²) >= 11 is 3.51. The van der Waals surface area contributed by atoms with Crippen molar-refractivity contribution < 1.29 is 4.74 Å². The fraction of sp³-hybridized carbons (Fsp3) is 0.133. The monoisotopic (exact) mass is 331 g/mol. The maximum absolute atomic E-state index is 5.79. The van der Waals surface area contributed by atoms with Crippen LogP contribution in [0.5, 0.6) is 5.75 Å². The van der Waals surface area contributed by atoms with Crippen molar-refractivity contribution in [2.75, 3.05) is 12.8 Å². The van der Waals surface area contributed by atoms with E-state index in [-0.39, 0.29) is 0 Å². The molecule has 3 rings (SSSR count). The zero-order valence-corrected chi connectivity index (χ0v) is 12.8. The quantitative estimate of drug-likeness (QED) is 0.779. The second-order valence-electron chi connectivity index (χ2n) is 4.65. The van der Waals surface area contributed by atoms with Gasteiger partial charge in [0.15, 0.2) is 0 Å². The third-order valence-corrected chi connectivity index (χ3v) is 3.88. The summed E-state index contributed by atoms with van der Waals surface area (Å²) in [5.41, 5.74) is 10.4. The highest BCUT2D eigenvalue weighted by Crippen LogP contribution is 2.33. The van der Waals surface area contributed by atoms with Gasteiger partial charge in [-0.25, -0.2) is 4.98 Å². The molecule has 0 saturated heterocycles. The molecule has 1 aromatic carbocycles. The molecule has 2 aromatic heterocycles. The number of ether oxygens (including phenoxy) is 1. The molecule has 0 radical (unpaired) electrons. The van der Waals surface area contributed by atoms with Crippen molar-refractivity contribution in [3.05, 3.63) is 46.7 Å². The number of pyridine rings is 1. The number of hydrogen-bond acceptors (Lipinski definition) is 3. The Morgan fingerprint density at radius 1 is 1.30 bits per heavy atom. The largest absolute Gasteiger partial charge is 0.496 e. The lowest BCUT2D eigenvalue weighted by molar-refractivity contribution is 0.412. The van der Waals surface area contributed by atoms with Crippen LogP contribution >= 0.6 is 15.9 Å². The molecule has 0 aliphatic carbocycles. The van der Waals surface area contributed by atoms with Crippen LogP contribution in [0.3, 0.4) is 0 Å². The molecule has 2 N–H and O–H groups in total. The number of fused-ring (bicyclic) bond motifs is 1. The first-order valence-corrected chi connectivity index (χ1v) is 6.96. The minimum absolute atomic E-state index is 0.710. The van der Waals surface area contributed by atoms with Crippen molar-refractivity contribution in [1.29, 1.82) is 0 Å². The number of hydrogen-bond donors (Lipinski definition) is 1. The molecule has 0 aliphatic heterocycles. The molecular weight excluding hydrogens is 318 g/mol. The highest BCUT2D eigenvalue weighted by Gasteiger charge is 2.11. The number of halogens is 1. The number of rotatable bonds is 2. The summed E-state index contributed by atoms with van der Waals surface area (Å²) in [6.45, 7) is 2.04. The van der Waals surface area contributed by atoms with Gasteiger partial charge in [-0.15, -0.1) is 0 Å². The minimum Gasteiger partial charge on any atom is -0.496 e. The van der Waals surface area contributed by atoms with Gasteiger partial charge in [0, 0.05) is 29.7 Å². The second-order valence-corrected chi connectivity index (χ2v) is 5.51. The summed E-state index contributed by atoms with van der Waals surface area (Å²) in [4.78, 5) is 4.62. The highest BCUT2D eigenvalue weighted by molar-refractivity contribution is 9.10. The van der Waals surface area contributed by atoms with E-state index < -0.39 is 0 Å². The Balaban J connectivity index is 2.17. The first-order chi connectivity index (χ1) is 9.58. The molecule has 5 heteroatoms. The van der Waals surface area contributed by atoms with Gasteiger partial charge in [0.2, 0.25) is 0 Å². The van der Waals surface area contributed by atoms with E-state index in [2.05, 4.69) is 20.9 Å². The fourth-order valence-corrected chi connectivity index (χ4v) is 2.72. The maximum atomic E-state index is 5.79. The van der Waals surface area contributed by atoms with E-state index in [4.69, 9.17) is 10.5 Å². The zero-order chi connectivity index (χ0) is 14.3. The van der Waals surface area contributed by atoms with Gasteiger partial charge in [-0.05, 0) is 46.6 Å². The predicted molar refractivity (Wildman–Crippen MR) is 84.0 cm³/mol. The highest BCUT2D eigenvalue weighted by atomic mass is 79.9. The predicted octanol–water partition coefficient (Wildman–Crippen LogP) is 3.66. The van der Waals surface area contributed by atoms with Crippen molar-refractivity contribution in [3.8, 4) is 17.0 Å². The Hall–Kier alpha value is -2.01. The summed E-state index contributed by atoms with van der Waals surface area (Å²) < 4.78 is 8.18. The van der Waals surface area contributed by atoms with Gasteiger partial charge < -0.3 is 14.9 Å². The Morgan fingerprint density at radius 3 is 2.85 bits per heavy atom. The number of methoxy groups -OCH3 is 1. The van der Waals surface area contributed by atoms with Gasteiger partial charge >= 0.3 is 0 Å². The van der Waals surface area contributed by atoms with E-state index in [0.717, 1.165) is 32.7 Å². The van der Waals surface area contributed by atoms with E-state index in [9.17, 15) is 0 Å².